The monoisotopic (exact) mass is 538 g/mol. The van der Waals surface area contributed by atoms with Gasteiger partial charge >= 0.3 is 0 Å². The first-order valence-corrected chi connectivity index (χ1v) is 13.4. The average Bonchev–Trinajstić information content (AvgIpc) is 2.94. The lowest BCUT2D eigenvalue weighted by Gasteiger charge is -2.22. The van der Waals surface area contributed by atoms with Crippen LogP contribution in [-0.4, -0.2) is 25.5 Å². The lowest BCUT2D eigenvalue weighted by atomic mass is 10.1. The largest absolute Gasteiger partial charge is 0.493 e. The summed E-state index contributed by atoms with van der Waals surface area (Å²) < 4.78 is 40.0. The zero-order chi connectivity index (χ0) is 28.0. The van der Waals surface area contributed by atoms with Gasteiger partial charge in [-0.25, -0.2) is 8.78 Å². The van der Waals surface area contributed by atoms with Gasteiger partial charge in [-0.2, -0.15) is 0 Å². The van der Waals surface area contributed by atoms with E-state index < -0.39 is 29.6 Å². The highest BCUT2D eigenvalue weighted by Gasteiger charge is 2.23. The molecule has 0 heterocycles. The molecule has 6 nitrogen and oxygen atoms in total. The summed E-state index contributed by atoms with van der Waals surface area (Å²) in [4.78, 5) is 25.8. The van der Waals surface area contributed by atoms with Gasteiger partial charge in [-0.1, -0.05) is 75.8 Å². The van der Waals surface area contributed by atoms with Crippen LogP contribution >= 0.6 is 0 Å². The topological polar surface area (TPSA) is 76.7 Å². The summed E-state index contributed by atoms with van der Waals surface area (Å²) in [5.74, 6) is -1.98. The van der Waals surface area contributed by atoms with Gasteiger partial charge in [0.1, 0.15) is 17.8 Å². The van der Waals surface area contributed by atoms with E-state index in [2.05, 4.69) is 17.6 Å². The van der Waals surface area contributed by atoms with Crippen LogP contribution in [0.15, 0.2) is 66.7 Å². The van der Waals surface area contributed by atoms with Gasteiger partial charge in [0.25, 0.3) is 11.8 Å². The average molecular weight is 539 g/mol. The van der Waals surface area contributed by atoms with E-state index in [0.29, 0.717) is 23.7 Å². The number of unbranched alkanes of at least 4 members (excludes halogenated alkanes) is 6. The molecule has 0 saturated carbocycles. The standard InChI is InChI=1S/C31H36F2N2O4/c1-3-4-5-6-7-8-13-20-39-27-19-18-22(21-28(27)38-2)29(34-30(36)23-14-9-11-16-25(23)32)35-31(37)24-15-10-12-17-26(24)33/h9-12,14-19,21,29H,3-8,13,20H2,1-2H3,(H,34,36)(H,35,37). The molecule has 39 heavy (non-hydrogen) atoms. The van der Waals surface area contributed by atoms with E-state index in [9.17, 15) is 18.4 Å². The number of methoxy groups -OCH3 is 1. The predicted molar refractivity (Wildman–Crippen MR) is 147 cm³/mol. The number of amides is 2. The number of hydrogen-bond acceptors (Lipinski definition) is 4. The summed E-state index contributed by atoms with van der Waals surface area (Å²) >= 11 is 0. The number of carbonyl (C=O) groups is 2. The van der Waals surface area contributed by atoms with Crippen LogP contribution in [0.25, 0.3) is 0 Å². The van der Waals surface area contributed by atoms with Crippen molar-refractivity contribution in [1.82, 2.24) is 10.6 Å². The molecule has 0 spiro atoms. The van der Waals surface area contributed by atoms with Crippen LogP contribution in [0.1, 0.15) is 84.3 Å². The molecule has 208 valence electrons. The molecule has 3 aromatic carbocycles. The lowest BCUT2D eigenvalue weighted by Crippen LogP contribution is -2.41. The minimum atomic E-state index is -1.12. The van der Waals surface area contributed by atoms with Crippen molar-refractivity contribution in [3.63, 3.8) is 0 Å². The molecule has 8 heteroatoms. The molecule has 0 fully saturated rings. The second-order valence-corrected chi connectivity index (χ2v) is 9.22. The van der Waals surface area contributed by atoms with Gasteiger partial charge in [-0.05, 0) is 48.4 Å². The maximum absolute atomic E-state index is 14.3. The summed E-state index contributed by atoms with van der Waals surface area (Å²) in [5, 5.41) is 5.26. The molecule has 0 aliphatic carbocycles. The van der Waals surface area contributed by atoms with Crippen molar-refractivity contribution in [2.75, 3.05) is 13.7 Å². The number of benzene rings is 3. The quantitative estimate of drug-likeness (QED) is 0.162. The normalized spacial score (nSPS) is 10.8. The Morgan fingerprint density at radius 2 is 1.28 bits per heavy atom. The van der Waals surface area contributed by atoms with Crippen LogP contribution in [0.4, 0.5) is 8.78 Å². The van der Waals surface area contributed by atoms with Crippen molar-refractivity contribution in [3.05, 3.63) is 95.1 Å². The SMILES string of the molecule is CCCCCCCCCOc1ccc(C(NC(=O)c2ccccc2F)NC(=O)c2ccccc2F)cc1OC. The summed E-state index contributed by atoms with van der Waals surface area (Å²) in [7, 11) is 1.49. The molecule has 0 saturated heterocycles. The van der Waals surface area contributed by atoms with E-state index in [1.165, 1.54) is 87.7 Å². The van der Waals surface area contributed by atoms with E-state index in [1.54, 1.807) is 18.2 Å². The number of rotatable bonds is 15. The van der Waals surface area contributed by atoms with Crippen LogP contribution in [-0.2, 0) is 0 Å². The fourth-order valence-corrected chi connectivity index (χ4v) is 4.14. The van der Waals surface area contributed by atoms with E-state index in [4.69, 9.17) is 9.47 Å². The summed E-state index contributed by atoms with van der Waals surface area (Å²) in [6.45, 7) is 2.73. The van der Waals surface area contributed by atoms with Gasteiger partial charge in [-0.3, -0.25) is 9.59 Å². The highest BCUT2D eigenvalue weighted by molar-refractivity contribution is 5.97. The van der Waals surface area contributed by atoms with Crippen LogP contribution in [0, 0.1) is 11.6 Å². The third-order valence-electron chi connectivity index (χ3n) is 6.31. The van der Waals surface area contributed by atoms with E-state index in [-0.39, 0.29) is 11.1 Å². The number of nitrogens with one attached hydrogen (secondary N) is 2. The highest BCUT2D eigenvalue weighted by atomic mass is 19.1. The van der Waals surface area contributed by atoms with Crippen LogP contribution in [0.5, 0.6) is 11.5 Å². The van der Waals surface area contributed by atoms with Crippen molar-refractivity contribution in [2.45, 2.75) is 58.0 Å². The number of halogens is 2. The van der Waals surface area contributed by atoms with Gasteiger partial charge < -0.3 is 20.1 Å². The van der Waals surface area contributed by atoms with Crippen molar-refractivity contribution in [2.24, 2.45) is 0 Å². The summed E-state index contributed by atoms with van der Waals surface area (Å²) in [6.07, 6.45) is 7.02. The van der Waals surface area contributed by atoms with Gasteiger partial charge in [0.2, 0.25) is 0 Å². The molecule has 0 aliphatic rings. The Kier molecular flexibility index (Phi) is 11.7. The highest BCUT2D eigenvalue weighted by Crippen LogP contribution is 2.30. The molecule has 3 rings (SSSR count). The van der Waals surface area contributed by atoms with E-state index in [0.717, 1.165) is 12.8 Å². The molecular formula is C31H36F2N2O4. The van der Waals surface area contributed by atoms with Crippen LogP contribution < -0.4 is 20.1 Å². The summed E-state index contributed by atoms with van der Waals surface area (Å²) in [6, 6.07) is 16.0. The Labute approximate surface area is 228 Å². The van der Waals surface area contributed by atoms with Crippen molar-refractivity contribution in [3.8, 4) is 11.5 Å². The number of hydrogen-bond donors (Lipinski definition) is 2. The van der Waals surface area contributed by atoms with Gasteiger partial charge in [-0.15, -0.1) is 0 Å². The Bertz CT molecular complexity index is 1180. The molecule has 0 radical (unpaired) electrons. The molecule has 0 bridgehead atoms. The number of carbonyl (C=O) groups excluding carboxylic acids is 2. The molecule has 2 amide bonds. The first-order chi connectivity index (χ1) is 18.9. The molecule has 3 aromatic rings. The minimum Gasteiger partial charge on any atom is -0.493 e. The Hall–Kier alpha value is -3.94. The third-order valence-corrected chi connectivity index (χ3v) is 6.31. The Morgan fingerprint density at radius 1 is 0.744 bits per heavy atom. The fraction of sp³-hybridized carbons (Fsp3) is 0.355. The second kappa shape index (κ2) is 15.5. The second-order valence-electron chi connectivity index (χ2n) is 9.22. The Morgan fingerprint density at radius 3 is 1.82 bits per heavy atom. The predicted octanol–water partition coefficient (Wildman–Crippen LogP) is 6.96. The molecule has 2 N–H and O–H groups in total. The molecule has 0 aromatic heterocycles. The van der Waals surface area contributed by atoms with Gasteiger partial charge in [0.15, 0.2) is 11.5 Å². The molecule has 0 atom stereocenters. The number of ether oxygens (including phenoxy) is 2. The zero-order valence-corrected chi connectivity index (χ0v) is 22.5. The van der Waals surface area contributed by atoms with Crippen LogP contribution in [0.3, 0.4) is 0 Å². The van der Waals surface area contributed by atoms with Crippen molar-refractivity contribution < 1.29 is 27.8 Å². The molecule has 0 aliphatic heterocycles. The third kappa shape index (κ3) is 8.80. The minimum absolute atomic E-state index is 0.191. The maximum atomic E-state index is 14.3. The van der Waals surface area contributed by atoms with E-state index >= 15 is 0 Å². The fourth-order valence-electron chi connectivity index (χ4n) is 4.14. The van der Waals surface area contributed by atoms with Gasteiger partial charge in [0.05, 0.1) is 24.8 Å². The van der Waals surface area contributed by atoms with Crippen molar-refractivity contribution in [1.29, 1.82) is 0 Å². The van der Waals surface area contributed by atoms with E-state index in [1.807, 2.05) is 0 Å². The molecular weight excluding hydrogens is 502 g/mol. The van der Waals surface area contributed by atoms with Crippen molar-refractivity contribution >= 4 is 11.8 Å². The lowest BCUT2D eigenvalue weighted by molar-refractivity contribution is 0.0879. The van der Waals surface area contributed by atoms with Crippen LogP contribution in [0.2, 0.25) is 0 Å². The van der Waals surface area contributed by atoms with Gasteiger partial charge in [0, 0.05) is 0 Å². The first kappa shape index (κ1) is 29.6. The smallest absolute Gasteiger partial charge is 0.256 e. The zero-order valence-electron chi connectivity index (χ0n) is 22.5. The first-order valence-electron chi connectivity index (χ1n) is 13.4. The summed E-state index contributed by atoms with van der Waals surface area (Å²) in [5.41, 5.74) is 0.0537. The molecule has 0 unspecified atom stereocenters. The maximum Gasteiger partial charge on any atom is 0.256 e. The Balaban J connectivity index is 1.75.